The SMILES string of the molecule is Cc1ccc(C2c3[nH]c4ccccc4c3CCN2C(=O)Nc2cccc(F)c2)cc1. The van der Waals surface area contributed by atoms with Crippen molar-refractivity contribution in [3.05, 3.63) is 101 Å². The second-order valence-corrected chi connectivity index (χ2v) is 7.76. The minimum Gasteiger partial charge on any atom is -0.356 e. The number of aromatic amines is 1. The van der Waals surface area contributed by atoms with Gasteiger partial charge in [0, 0.05) is 28.8 Å². The van der Waals surface area contributed by atoms with Gasteiger partial charge in [-0.05, 0) is 48.7 Å². The minimum atomic E-state index is -0.376. The molecule has 1 aliphatic rings. The molecule has 2 amide bonds. The van der Waals surface area contributed by atoms with Crippen molar-refractivity contribution in [3.63, 3.8) is 0 Å². The zero-order valence-corrected chi connectivity index (χ0v) is 16.7. The van der Waals surface area contributed by atoms with Crippen LogP contribution in [0.3, 0.4) is 0 Å². The second-order valence-electron chi connectivity index (χ2n) is 7.76. The molecule has 5 heteroatoms. The summed E-state index contributed by atoms with van der Waals surface area (Å²) in [7, 11) is 0. The van der Waals surface area contributed by atoms with Crippen molar-refractivity contribution in [2.45, 2.75) is 19.4 Å². The van der Waals surface area contributed by atoms with Gasteiger partial charge in [-0.15, -0.1) is 0 Å². The number of amides is 2. The number of fused-ring (bicyclic) bond motifs is 3. The molecule has 150 valence electrons. The molecule has 5 rings (SSSR count). The molecule has 3 aromatic carbocycles. The predicted octanol–water partition coefficient (Wildman–Crippen LogP) is 5.80. The monoisotopic (exact) mass is 399 g/mol. The van der Waals surface area contributed by atoms with Gasteiger partial charge in [0.15, 0.2) is 0 Å². The van der Waals surface area contributed by atoms with Crippen molar-refractivity contribution in [2.75, 3.05) is 11.9 Å². The molecule has 2 N–H and O–H groups in total. The fourth-order valence-corrected chi connectivity index (χ4v) is 4.32. The van der Waals surface area contributed by atoms with E-state index in [2.05, 4.69) is 46.7 Å². The Hall–Kier alpha value is -3.60. The number of carbonyl (C=O) groups excluding carboxylic acids is 1. The Morgan fingerprint density at radius 3 is 2.67 bits per heavy atom. The van der Waals surface area contributed by atoms with E-state index in [9.17, 15) is 9.18 Å². The number of aryl methyl sites for hydroxylation is 1. The van der Waals surface area contributed by atoms with Crippen molar-refractivity contribution < 1.29 is 9.18 Å². The average Bonchev–Trinajstić information content (AvgIpc) is 3.12. The Bertz CT molecular complexity index is 1230. The molecule has 1 aliphatic heterocycles. The van der Waals surface area contributed by atoms with Gasteiger partial charge in [-0.3, -0.25) is 0 Å². The van der Waals surface area contributed by atoms with Crippen LogP contribution in [-0.4, -0.2) is 22.5 Å². The van der Waals surface area contributed by atoms with Crippen LogP contribution in [0.2, 0.25) is 0 Å². The molecule has 2 heterocycles. The lowest BCUT2D eigenvalue weighted by atomic mass is 9.92. The standard InChI is InChI=1S/C25H22FN3O/c1-16-9-11-17(12-10-16)24-23-21(20-7-2-3-8-22(20)28-23)13-14-29(24)25(30)27-19-6-4-5-18(26)15-19/h2-12,15,24,28H,13-14H2,1H3,(H,27,30). The van der Waals surface area contributed by atoms with E-state index >= 15 is 0 Å². The van der Waals surface area contributed by atoms with Crippen molar-refractivity contribution >= 4 is 22.6 Å². The largest absolute Gasteiger partial charge is 0.356 e. The van der Waals surface area contributed by atoms with Gasteiger partial charge in [0.25, 0.3) is 0 Å². The van der Waals surface area contributed by atoms with Crippen LogP contribution in [0.4, 0.5) is 14.9 Å². The van der Waals surface area contributed by atoms with E-state index in [0.29, 0.717) is 12.2 Å². The van der Waals surface area contributed by atoms with Crippen LogP contribution >= 0.6 is 0 Å². The fraction of sp³-hybridized carbons (Fsp3) is 0.160. The van der Waals surface area contributed by atoms with Crippen molar-refractivity contribution in [1.29, 1.82) is 0 Å². The fourth-order valence-electron chi connectivity index (χ4n) is 4.32. The highest BCUT2D eigenvalue weighted by Gasteiger charge is 2.34. The lowest BCUT2D eigenvalue weighted by Crippen LogP contribution is -2.43. The Morgan fingerprint density at radius 2 is 1.87 bits per heavy atom. The van der Waals surface area contributed by atoms with Gasteiger partial charge in [0.2, 0.25) is 0 Å². The molecule has 0 saturated carbocycles. The van der Waals surface area contributed by atoms with Gasteiger partial charge in [0.1, 0.15) is 5.82 Å². The Morgan fingerprint density at radius 1 is 1.07 bits per heavy atom. The smallest absolute Gasteiger partial charge is 0.322 e. The first-order chi connectivity index (χ1) is 14.6. The van der Waals surface area contributed by atoms with Gasteiger partial charge in [-0.2, -0.15) is 0 Å². The number of anilines is 1. The number of hydrogen-bond acceptors (Lipinski definition) is 1. The topological polar surface area (TPSA) is 48.1 Å². The van der Waals surface area contributed by atoms with E-state index in [1.807, 2.05) is 24.0 Å². The molecule has 0 aliphatic carbocycles. The molecule has 4 aromatic rings. The van der Waals surface area contributed by atoms with Gasteiger partial charge < -0.3 is 15.2 Å². The number of aromatic nitrogens is 1. The maximum Gasteiger partial charge on any atom is 0.322 e. The molecule has 4 nitrogen and oxygen atoms in total. The first kappa shape index (κ1) is 18.4. The third-order valence-electron chi connectivity index (χ3n) is 5.76. The van der Waals surface area contributed by atoms with Crippen LogP contribution in [0.25, 0.3) is 10.9 Å². The molecule has 0 saturated heterocycles. The summed E-state index contributed by atoms with van der Waals surface area (Å²) in [4.78, 5) is 18.6. The highest BCUT2D eigenvalue weighted by Crippen LogP contribution is 2.38. The number of rotatable bonds is 2. The average molecular weight is 399 g/mol. The summed E-state index contributed by atoms with van der Waals surface area (Å²) >= 11 is 0. The molecular weight excluding hydrogens is 377 g/mol. The zero-order chi connectivity index (χ0) is 20.7. The molecule has 30 heavy (non-hydrogen) atoms. The van der Waals surface area contributed by atoms with Gasteiger partial charge in [-0.25, -0.2) is 9.18 Å². The van der Waals surface area contributed by atoms with Gasteiger partial charge in [0.05, 0.1) is 6.04 Å². The number of carbonyl (C=O) groups is 1. The number of hydrogen-bond donors (Lipinski definition) is 2. The van der Waals surface area contributed by atoms with Crippen LogP contribution in [0.5, 0.6) is 0 Å². The van der Waals surface area contributed by atoms with Crippen LogP contribution in [0.1, 0.15) is 28.4 Å². The summed E-state index contributed by atoms with van der Waals surface area (Å²) in [6.07, 6.45) is 0.762. The van der Waals surface area contributed by atoms with Gasteiger partial charge in [-0.1, -0.05) is 54.1 Å². The first-order valence-corrected chi connectivity index (χ1v) is 10.1. The summed E-state index contributed by atoms with van der Waals surface area (Å²) in [6.45, 7) is 2.63. The molecular formula is C25H22FN3O. The molecule has 1 atom stereocenters. The van der Waals surface area contributed by atoms with Crippen LogP contribution < -0.4 is 5.32 Å². The summed E-state index contributed by atoms with van der Waals surface area (Å²) in [6, 6.07) is 22.0. The normalized spacial score (nSPS) is 15.8. The predicted molar refractivity (Wildman–Crippen MR) is 117 cm³/mol. The van der Waals surface area contributed by atoms with E-state index in [0.717, 1.165) is 23.2 Å². The number of H-pyrrole nitrogens is 1. The third kappa shape index (κ3) is 3.22. The zero-order valence-electron chi connectivity index (χ0n) is 16.7. The van der Waals surface area contributed by atoms with E-state index in [4.69, 9.17) is 0 Å². The van der Waals surface area contributed by atoms with Crippen molar-refractivity contribution in [1.82, 2.24) is 9.88 Å². The van der Waals surface area contributed by atoms with E-state index in [1.165, 1.54) is 28.6 Å². The number of halogens is 1. The van der Waals surface area contributed by atoms with E-state index < -0.39 is 0 Å². The molecule has 0 spiro atoms. The minimum absolute atomic E-state index is 0.240. The van der Waals surface area contributed by atoms with E-state index in [1.54, 1.807) is 12.1 Å². The lowest BCUT2D eigenvalue weighted by molar-refractivity contribution is 0.193. The molecule has 0 fully saturated rings. The van der Waals surface area contributed by atoms with Crippen LogP contribution in [-0.2, 0) is 6.42 Å². The van der Waals surface area contributed by atoms with Crippen molar-refractivity contribution in [3.8, 4) is 0 Å². The highest BCUT2D eigenvalue weighted by molar-refractivity contribution is 5.91. The van der Waals surface area contributed by atoms with Gasteiger partial charge >= 0.3 is 6.03 Å². The molecule has 1 aromatic heterocycles. The summed E-state index contributed by atoms with van der Waals surface area (Å²) in [5, 5.41) is 4.06. The summed E-state index contributed by atoms with van der Waals surface area (Å²) in [5.41, 5.74) is 6.04. The third-order valence-corrected chi connectivity index (χ3v) is 5.76. The maximum atomic E-state index is 13.6. The molecule has 0 radical (unpaired) electrons. The summed E-state index contributed by atoms with van der Waals surface area (Å²) in [5.74, 6) is -0.376. The second kappa shape index (κ2) is 7.34. The highest BCUT2D eigenvalue weighted by atomic mass is 19.1. The number of urea groups is 1. The van der Waals surface area contributed by atoms with Crippen LogP contribution in [0, 0.1) is 12.7 Å². The Balaban J connectivity index is 1.57. The quantitative estimate of drug-likeness (QED) is 0.440. The van der Waals surface area contributed by atoms with Crippen molar-refractivity contribution in [2.24, 2.45) is 0 Å². The van der Waals surface area contributed by atoms with E-state index in [-0.39, 0.29) is 17.9 Å². The Labute approximate surface area is 174 Å². The Kier molecular flexibility index (Phi) is 4.51. The summed E-state index contributed by atoms with van der Waals surface area (Å²) < 4.78 is 13.6. The number of benzene rings is 3. The molecule has 0 bridgehead atoms. The van der Waals surface area contributed by atoms with Crippen LogP contribution in [0.15, 0.2) is 72.8 Å². The number of para-hydroxylation sites is 1. The molecule has 1 unspecified atom stereocenters. The lowest BCUT2D eigenvalue weighted by Gasteiger charge is -2.36. The maximum absolute atomic E-state index is 13.6. The number of nitrogens with zero attached hydrogens (tertiary/aromatic N) is 1. The number of nitrogens with one attached hydrogen (secondary N) is 2. The first-order valence-electron chi connectivity index (χ1n) is 10.1.